The normalized spacial score (nSPS) is 21.4. The summed E-state index contributed by atoms with van der Waals surface area (Å²) in [5.41, 5.74) is 0.870. The van der Waals surface area contributed by atoms with Crippen LogP contribution < -0.4 is 15.7 Å². The fraction of sp³-hybridized carbons (Fsp3) is 0.692. The van der Waals surface area contributed by atoms with Gasteiger partial charge in [-0.1, -0.05) is 20.8 Å². The van der Waals surface area contributed by atoms with E-state index >= 15 is 0 Å². The van der Waals surface area contributed by atoms with Crippen LogP contribution in [0.4, 0.5) is 9.93 Å². The van der Waals surface area contributed by atoms with Gasteiger partial charge in [0.15, 0.2) is 5.13 Å². The average Bonchev–Trinajstić information content (AvgIpc) is 2.76. The molecule has 0 bridgehead atoms. The molecule has 1 aromatic heterocycles. The average molecular weight is 299 g/mol. The van der Waals surface area contributed by atoms with Crippen LogP contribution in [0, 0.1) is 5.41 Å². The Hall–Kier alpha value is -1.18. The predicted octanol–water partition coefficient (Wildman–Crippen LogP) is -0.00980. The van der Waals surface area contributed by atoms with Crippen LogP contribution in [0.25, 0.3) is 0 Å². The number of rotatable bonds is 3. The van der Waals surface area contributed by atoms with E-state index in [0.29, 0.717) is 5.13 Å². The van der Waals surface area contributed by atoms with Crippen LogP contribution in [0.5, 0.6) is 0 Å². The first-order chi connectivity index (χ1) is 9.38. The zero-order chi connectivity index (χ0) is 14.8. The molecule has 1 fully saturated rings. The minimum atomic E-state index is -1.33. The number of nitrogens with two attached hydrogens (primary N) is 1. The first kappa shape index (κ1) is 15.2. The Balaban J connectivity index is 2.22. The smallest absolute Gasteiger partial charge is 0.188 e. The maximum absolute atomic E-state index is 10.6. The second-order valence-corrected chi connectivity index (χ2v) is 6.91. The van der Waals surface area contributed by atoms with E-state index in [1.165, 1.54) is 11.3 Å². The number of carboxylic acid groups (broad SMARTS) is 1. The number of ether oxygens (including phenoxy) is 1. The molecule has 20 heavy (non-hydrogen) atoms. The minimum Gasteiger partial charge on any atom is -0.530 e. The number of nitrogens with zero attached hydrogens (tertiary/aromatic N) is 1. The molecule has 2 atom stereocenters. The molecule has 2 heterocycles. The van der Waals surface area contributed by atoms with Crippen molar-refractivity contribution in [3.05, 3.63) is 11.1 Å². The van der Waals surface area contributed by atoms with Crippen LogP contribution in [0.3, 0.4) is 0 Å². The van der Waals surface area contributed by atoms with E-state index in [2.05, 4.69) is 36.4 Å². The van der Waals surface area contributed by atoms with E-state index in [1.807, 2.05) is 5.38 Å². The quantitative estimate of drug-likeness (QED) is 0.821. The molecule has 2 rings (SSSR count). The molecule has 0 radical (unpaired) electrons. The zero-order valence-corrected chi connectivity index (χ0v) is 12.8. The van der Waals surface area contributed by atoms with Crippen molar-refractivity contribution in [2.24, 2.45) is 5.41 Å². The van der Waals surface area contributed by atoms with E-state index in [1.54, 1.807) is 0 Å². The SMILES string of the molecule is CC(C)(C)C(c1csc(NC(=O)[O-])n1)C1C[NH2+]CCO1. The number of quaternary nitrogens is 1. The Morgan fingerprint density at radius 1 is 1.65 bits per heavy atom. The van der Waals surface area contributed by atoms with Gasteiger partial charge in [0.1, 0.15) is 18.7 Å². The van der Waals surface area contributed by atoms with Crippen LogP contribution in [0.1, 0.15) is 32.4 Å². The van der Waals surface area contributed by atoms with Gasteiger partial charge in [-0.3, -0.25) is 0 Å². The number of aromatic nitrogens is 1. The molecule has 1 aromatic rings. The summed E-state index contributed by atoms with van der Waals surface area (Å²) in [7, 11) is 0. The fourth-order valence-corrected chi connectivity index (χ4v) is 3.38. The van der Waals surface area contributed by atoms with E-state index < -0.39 is 6.09 Å². The van der Waals surface area contributed by atoms with Gasteiger partial charge in [0.25, 0.3) is 0 Å². The summed E-state index contributed by atoms with van der Waals surface area (Å²) in [6.45, 7) is 9.10. The maximum Gasteiger partial charge on any atom is 0.188 e. The van der Waals surface area contributed by atoms with Gasteiger partial charge in [0.05, 0.1) is 18.8 Å². The first-order valence-corrected chi connectivity index (χ1v) is 7.62. The zero-order valence-electron chi connectivity index (χ0n) is 12.0. The molecular formula is C13H21N3O3S. The highest BCUT2D eigenvalue weighted by atomic mass is 32.1. The Kier molecular flexibility index (Phi) is 4.62. The number of anilines is 1. The van der Waals surface area contributed by atoms with Crippen molar-refractivity contribution in [3.63, 3.8) is 0 Å². The standard InChI is InChI=1S/C13H21N3O3S/c1-13(2,3)10(9-6-14-4-5-19-9)8-7-20-11(15-8)16-12(17)18/h7,9-10,14H,4-6H2,1-3H3,(H,15,16)(H,17,18). The number of hydrogen-bond acceptors (Lipinski definition) is 5. The molecule has 7 heteroatoms. The largest absolute Gasteiger partial charge is 0.530 e. The molecule has 1 aliphatic rings. The molecular weight excluding hydrogens is 278 g/mol. The Morgan fingerprint density at radius 2 is 2.40 bits per heavy atom. The van der Waals surface area contributed by atoms with Crippen LogP contribution in [-0.4, -0.2) is 36.9 Å². The highest BCUT2D eigenvalue weighted by molar-refractivity contribution is 7.13. The lowest BCUT2D eigenvalue weighted by molar-refractivity contribution is -0.678. The van der Waals surface area contributed by atoms with Gasteiger partial charge in [-0.25, -0.2) is 4.98 Å². The maximum atomic E-state index is 10.6. The Labute approximate surface area is 122 Å². The second-order valence-electron chi connectivity index (χ2n) is 6.06. The predicted molar refractivity (Wildman–Crippen MR) is 74.7 cm³/mol. The van der Waals surface area contributed by atoms with Crippen molar-refractivity contribution in [2.75, 3.05) is 25.0 Å². The van der Waals surface area contributed by atoms with Gasteiger partial charge in [-0.05, 0) is 5.41 Å². The van der Waals surface area contributed by atoms with Gasteiger partial charge < -0.3 is 25.3 Å². The highest BCUT2D eigenvalue weighted by Crippen LogP contribution is 2.39. The first-order valence-electron chi connectivity index (χ1n) is 6.74. The highest BCUT2D eigenvalue weighted by Gasteiger charge is 2.38. The molecule has 0 saturated carbocycles. The van der Waals surface area contributed by atoms with E-state index in [-0.39, 0.29) is 17.4 Å². The van der Waals surface area contributed by atoms with Gasteiger partial charge in [0, 0.05) is 11.3 Å². The molecule has 0 aromatic carbocycles. The summed E-state index contributed by atoms with van der Waals surface area (Å²) in [6, 6.07) is 0. The third-order valence-electron chi connectivity index (χ3n) is 3.41. The minimum absolute atomic E-state index is 0.0112. The van der Waals surface area contributed by atoms with E-state index in [4.69, 9.17) is 4.74 Å². The Morgan fingerprint density at radius 3 is 2.95 bits per heavy atom. The van der Waals surface area contributed by atoms with Crippen LogP contribution in [-0.2, 0) is 4.74 Å². The van der Waals surface area contributed by atoms with Crippen molar-refractivity contribution in [1.29, 1.82) is 0 Å². The molecule has 0 aliphatic carbocycles. The van der Waals surface area contributed by atoms with Crippen molar-refractivity contribution < 1.29 is 20.0 Å². The number of carbonyl (C=O) groups excluding carboxylic acids is 1. The van der Waals surface area contributed by atoms with Crippen LogP contribution >= 0.6 is 11.3 Å². The summed E-state index contributed by atoms with van der Waals surface area (Å²) in [5.74, 6) is 0.132. The lowest BCUT2D eigenvalue weighted by atomic mass is 9.75. The Bertz CT molecular complexity index is 464. The number of hydrogen-bond donors (Lipinski definition) is 2. The summed E-state index contributed by atoms with van der Waals surface area (Å²) < 4.78 is 5.90. The molecule has 1 amide bonds. The number of carbonyl (C=O) groups is 1. The third-order valence-corrected chi connectivity index (χ3v) is 4.18. The number of thiazole rings is 1. The molecule has 112 valence electrons. The number of morpholine rings is 1. The summed E-state index contributed by atoms with van der Waals surface area (Å²) in [4.78, 5) is 14.9. The lowest BCUT2D eigenvalue weighted by Crippen LogP contribution is -2.90. The van der Waals surface area contributed by atoms with E-state index in [9.17, 15) is 9.90 Å². The van der Waals surface area contributed by atoms with Crippen molar-refractivity contribution >= 4 is 22.6 Å². The molecule has 6 nitrogen and oxygen atoms in total. The topological polar surface area (TPSA) is 90.9 Å². The van der Waals surface area contributed by atoms with E-state index in [0.717, 1.165) is 25.4 Å². The third kappa shape index (κ3) is 3.68. The molecule has 3 N–H and O–H groups in total. The summed E-state index contributed by atoms with van der Waals surface area (Å²) in [6.07, 6.45) is -1.23. The van der Waals surface area contributed by atoms with Crippen molar-refractivity contribution in [1.82, 2.24) is 4.98 Å². The van der Waals surface area contributed by atoms with Gasteiger partial charge in [-0.2, -0.15) is 0 Å². The molecule has 1 aliphatic heterocycles. The van der Waals surface area contributed by atoms with Crippen LogP contribution in [0.15, 0.2) is 5.38 Å². The number of nitrogens with one attached hydrogen (secondary N) is 1. The fourth-order valence-electron chi connectivity index (χ4n) is 2.65. The molecule has 2 unspecified atom stereocenters. The van der Waals surface area contributed by atoms with Crippen molar-refractivity contribution in [3.8, 4) is 0 Å². The summed E-state index contributed by atoms with van der Waals surface area (Å²) >= 11 is 1.28. The van der Waals surface area contributed by atoms with Gasteiger partial charge in [0.2, 0.25) is 0 Å². The molecule has 0 spiro atoms. The monoisotopic (exact) mass is 299 g/mol. The van der Waals surface area contributed by atoms with Crippen molar-refractivity contribution in [2.45, 2.75) is 32.8 Å². The number of amides is 1. The van der Waals surface area contributed by atoms with Gasteiger partial charge in [-0.15, -0.1) is 11.3 Å². The lowest BCUT2D eigenvalue weighted by Gasteiger charge is -2.36. The summed E-state index contributed by atoms with van der Waals surface area (Å²) in [5, 5.41) is 17.3. The van der Waals surface area contributed by atoms with Gasteiger partial charge >= 0.3 is 0 Å². The second kappa shape index (κ2) is 6.07. The van der Waals surface area contributed by atoms with Crippen LogP contribution in [0.2, 0.25) is 0 Å². The molecule has 1 saturated heterocycles.